The normalized spacial score (nSPS) is 17.2. The summed E-state index contributed by atoms with van der Waals surface area (Å²) in [6.07, 6.45) is 2.44. The SMILES string of the molecule is CCc1nc2ccc(C3(C(=O)O)CC3)cc2s1. The number of carboxylic acids is 1. The van der Waals surface area contributed by atoms with Crippen LogP contribution in [0.3, 0.4) is 0 Å². The van der Waals surface area contributed by atoms with E-state index in [1.807, 2.05) is 18.2 Å². The van der Waals surface area contributed by atoms with Gasteiger partial charge >= 0.3 is 5.97 Å². The molecule has 1 aromatic heterocycles. The number of fused-ring (bicyclic) bond motifs is 1. The second-order valence-electron chi connectivity index (χ2n) is 4.53. The van der Waals surface area contributed by atoms with E-state index in [1.54, 1.807) is 11.3 Å². The van der Waals surface area contributed by atoms with Crippen LogP contribution in [0.25, 0.3) is 10.2 Å². The van der Waals surface area contributed by atoms with E-state index in [1.165, 1.54) is 0 Å². The Morgan fingerprint density at radius 3 is 2.88 bits per heavy atom. The second kappa shape index (κ2) is 3.53. The van der Waals surface area contributed by atoms with Crippen molar-refractivity contribution in [2.24, 2.45) is 0 Å². The van der Waals surface area contributed by atoms with Crippen molar-refractivity contribution < 1.29 is 9.90 Å². The zero-order valence-corrected chi connectivity index (χ0v) is 10.4. The Hall–Kier alpha value is -1.42. The largest absolute Gasteiger partial charge is 0.481 e. The van der Waals surface area contributed by atoms with Crippen molar-refractivity contribution in [3.05, 3.63) is 28.8 Å². The van der Waals surface area contributed by atoms with Crippen LogP contribution < -0.4 is 0 Å². The minimum absolute atomic E-state index is 0.607. The molecule has 4 heteroatoms. The Kier molecular flexibility index (Phi) is 2.23. The predicted molar refractivity (Wildman–Crippen MR) is 67.5 cm³/mol. The van der Waals surface area contributed by atoms with E-state index in [2.05, 4.69) is 11.9 Å². The number of aryl methyl sites for hydroxylation is 1. The van der Waals surface area contributed by atoms with E-state index >= 15 is 0 Å². The Balaban J connectivity index is 2.10. The van der Waals surface area contributed by atoms with Crippen molar-refractivity contribution >= 4 is 27.5 Å². The first-order chi connectivity index (χ1) is 8.15. The number of nitrogens with zero attached hydrogens (tertiary/aromatic N) is 1. The third-order valence-electron chi connectivity index (χ3n) is 3.45. The molecule has 0 aliphatic heterocycles. The van der Waals surface area contributed by atoms with Crippen molar-refractivity contribution in [1.29, 1.82) is 0 Å². The molecule has 0 bridgehead atoms. The molecule has 1 aliphatic carbocycles. The number of aromatic nitrogens is 1. The zero-order valence-electron chi connectivity index (χ0n) is 9.56. The molecule has 0 radical (unpaired) electrons. The number of benzene rings is 1. The first-order valence-electron chi connectivity index (χ1n) is 5.79. The molecule has 0 atom stereocenters. The fourth-order valence-electron chi connectivity index (χ4n) is 2.17. The summed E-state index contributed by atoms with van der Waals surface area (Å²) in [6, 6.07) is 5.87. The second-order valence-corrected chi connectivity index (χ2v) is 5.65. The van der Waals surface area contributed by atoms with Crippen LogP contribution in [-0.4, -0.2) is 16.1 Å². The summed E-state index contributed by atoms with van der Waals surface area (Å²) >= 11 is 1.66. The van der Waals surface area contributed by atoms with E-state index < -0.39 is 11.4 Å². The topological polar surface area (TPSA) is 50.2 Å². The Labute approximate surface area is 103 Å². The molecular weight excluding hydrogens is 234 g/mol. The summed E-state index contributed by atoms with van der Waals surface area (Å²) < 4.78 is 1.10. The lowest BCUT2D eigenvalue weighted by Gasteiger charge is -2.09. The standard InChI is InChI=1S/C13H13NO2S/c1-2-11-14-9-4-3-8(7-10(9)17-11)13(5-6-13)12(15)16/h3-4,7H,2,5-6H2,1H3,(H,15,16). The van der Waals surface area contributed by atoms with Gasteiger partial charge in [-0.15, -0.1) is 11.3 Å². The molecule has 1 aliphatic rings. The molecule has 17 heavy (non-hydrogen) atoms. The summed E-state index contributed by atoms with van der Waals surface area (Å²) in [7, 11) is 0. The van der Waals surface area contributed by atoms with Gasteiger partial charge in [-0.2, -0.15) is 0 Å². The summed E-state index contributed by atoms with van der Waals surface area (Å²) in [4.78, 5) is 15.8. The molecule has 0 amide bonds. The predicted octanol–water partition coefficient (Wildman–Crippen LogP) is 2.97. The Morgan fingerprint density at radius 1 is 1.53 bits per heavy atom. The quantitative estimate of drug-likeness (QED) is 0.907. The number of carboxylic acid groups (broad SMARTS) is 1. The van der Waals surface area contributed by atoms with Gasteiger partial charge in [-0.1, -0.05) is 13.0 Å². The molecule has 1 aromatic carbocycles. The lowest BCUT2D eigenvalue weighted by Crippen LogP contribution is -2.19. The molecule has 1 fully saturated rings. The zero-order chi connectivity index (χ0) is 12.0. The van der Waals surface area contributed by atoms with Crippen LogP contribution in [0.2, 0.25) is 0 Å². The van der Waals surface area contributed by atoms with Crippen LogP contribution in [-0.2, 0) is 16.6 Å². The molecule has 0 saturated heterocycles. The average Bonchev–Trinajstić information content (AvgIpc) is 3.03. The molecule has 0 spiro atoms. The molecule has 1 heterocycles. The maximum Gasteiger partial charge on any atom is 0.314 e. The van der Waals surface area contributed by atoms with Gasteiger partial charge in [0.2, 0.25) is 0 Å². The van der Waals surface area contributed by atoms with Crippen molar-refractivity contribution in [2.45, 2.75) is 31.6 Å². The maximum atomic E-state index is 11.3. The van der Waals surface area contributed by atoms with E-state index in [0.717, 1.165) is 40.1 Å². The van der Waals surface area contributed by atoms with Crippen molar-refractivity contribution in [1.82, 2.24) is 4.98 Å². The van der Waals surface area contributed by atoms with Crippen LogP contribution >= 0.6 is 11.3 Å². The van der Waals surface area contributed by atoms with Crippen LogP contribution in [0.1, 0.15) is 30.3 Å². The molecule has 1 N–H and O–H groups in total. The third kappa shape index (κ3) is 1.55. The van der Waals surface area contributed by atoms with Crippen molar-refractivity contribution in [3.8, 4) is 0 Å². The highest BCUT2D eigenvalue weighted by atomic mass is 32.1. The highest BCUT2D eigenvalue weighted by molar-refractivity contribution is 7.18. The van der Waals surface area contributed by atoms with Gasteiger partial charge < -0.3 is 5.11 Å². The number of hydrogen-bond acceptors (Lipinski definition) is 3. The number of rotatable bonds is 3. The van der Waals surface area contributed by atoms with Gasteiger partial charge in [0, 0.05) is 0 Å². The molecule has 0 unspecified atom stereocenters. The minimum atomic E-state index is -0.697. The Bertz CT molecular complexity index is 598. The van der Waals surface area contributed by atoms with Gasteiger partial charge in [0.05, 0.1) is 20.6 Å². The molecular formula is C13H13NO2S. The summed E-state index contributed by atoms with van der Waals surface area (Å²) in [5.74, 6) is -0.697. The first kappa shape index (κ1) is 10.7. The van der Waals surface area contributed by atoms with Gasteiger partial charge in [0.1, 0.15) is 0 Å². The van der Waals surface area contributed by atoms with E-state index in [-0.39, 0.29) is 0 Å². The van der Waals surface area contributed by atoms with Crippen molar-refractivity contribution in [2.75, 3.05) is 0 Å². The fourth-order valence-corrected chi connectivity index (χ4v) is 3.12. The highest BCUT2D eigenvalue weighted by Crippen LogP contribution is 2.49. The molecule has 3 nitrogen and oxygen atoms in total. The van der Waals surface area contributed by atoms with Crippen LogP contribution in [0, 0.1) is 0 Å². The van der Waals surface area contributed by atoms with Gasteiger partial charge in [-0.3, -0.25) is 4.79 Å². The van der Waals surface area contributed by atoms with Crippen LogP contribution in [0.15, 0.2) is 18.2 Å². The third-order valence-corrected chi connectivity index (χ3v) is 4.61. The molecule has 1 saturated carbocycles. The van der Waals surface area contributed by atoms with Gasteiger partial charge in [0.25, 0.3) is 0 Å². The van der Waals surface area contributed by atoms with Crippen LogP contribution in [0.5, 0.6) is 0 Å². The monoisotopic (exact) mass is 247 g/mol. The van der Waals surface area contributed by atoms with Crippen molar-refractivity contribution in [3.63, 3.8) is 0 Å². The van der Waals surface area contributed by atoms with E-state index in [9.17, 15) is 9.90 Å². The maximum absolute atomic E-state index is 11.3. The summed E-state index contributed by atoms with van der Waals surface area (Å²) in [5.41, 5.74) is 1.31. The smallest absolute Gasteiger partial charge is 0.314 e. The molecule has 88 valence electrons. The number of carbonyl (C=O) groups is 1. The Morgan fingerprint density at radius 2 is 2.29 bits per heavy atom. The lowest BCUT2D eigenvalue weighted by molar-refractivity contribution is -0.140. The van der Waals surface area contributed by atoms with E-state index in [4.69, 9.17) is 0 Å². The summed E-state index contributed by atoms with van der Waals surface area (Å²) in [6.45, 7) is 2.08. The van der Waals surface area contributed by atoms with E-state index in [0.29, 0.717) is 0 Å². The summed E-state index contributed by atoms with van der Waals surface area (Å²) in [5, 5.41) is 10.4. The van der Waals surface area contributed by atoms with Gasteiger partial charge in [0.15, 0.2) is 0 Å². The number of thiazole rings is 1. The van der Waals surface area contributed by atoms with Crippen LogP contribution in [0.4, 0.5) is 0 Å². The first-order valence-corrected chi connectivity index (χ1v) is 6.61. The molecule has 2 aromatic rings. The fraction of sp³-hybridized carbons (Fsp3) is 0.385. The van der Waals surface area contributed by atoms with Gasteiger partial charge in [-0.05, 0) is 37.0 Å². The minimum Gasteiger partial charge on any atom is -0.481 e. The highest BCUT2D eigenvalue weighted by Gasteiger charge is 2.51. The molecule has 3 rings (SSSR count). The average molecular weight is 247 g/mol. The lowest BCUT2D eigenvalue weighted by atomic mass is 9.96. The number of aliphatic carboxylic acids is 1. The van der Waals surface area contributed by atoms with Gasteiger partial charge in [-0.25, -0.2) is 4.98 Å². The number of hydrogen-bond donors (Lipinski definition) is 1.